The second kappa shape index (κ2) is 7.63. The zero-order valence-electron chi connectivity index (χ0n) is 21.4. The van der Waals surface area contributed by atoms with Gasteiger partial charge in [-0.3, -0.25) is 9.59 Å². The highest BCUT2D eigenvalue weighted by Crippen LogP contribution is 2.52. The minimum atomic E-state index is -0.239. The largest absolute Gasteiger partial charge is 0.268 e. The van der Waals surface area contributed by atoms with Gasteiger partial charge in [0.15, 0.2) is 0 Å². The topological polar surface area (TPSA) is 37.4 Å². The molecule has 0 atom stereocenters. The Morgan fingerprint density at radius 2 is 1.08 bits per heavy atom. The molecule has 0 radical (unpaired) electrons. The molecule has 0 N–H and O–H groups in total. The van der Waals surface area contributed by atoms with Gasteiger partial charge in [0.2, 0.25) is 0 Å². The van der Waals surface area contributed by atoms with E-state index in [0.29, 0.717) is 11.1 Å². The minimum absolute atomic E-state index is 0.172. The van der Waals surface area contributed by atoms with Gasteiger partial charge in [-0.05, 0) is 73.5 Å². The molecular weight excluding hydrogens is 454 g/mol. The zero-order chi connectivity index (χ0) is 25.6. The number of hydrogen-bond acceptors (Lipinski definition) is 2. The van der Waals surface area contributed by atoms with Gasteiger partial charge < -0.3 is 0 Å². The Labute approximate surface area is 216 Å². The van der Waals surface area contributed by atoms with E-state index in [1.54, 1.807) is 0 Å². The van der Waals surface area contributed by atoms with E-state index in [9.17, 15) is 9.59 Å². The minimum Gasteiger partial charge on any atom is -0.268 e. The summed E-state index contributed by atoms with van der Waals surface area (Å²) in [7, 11) is 0. The predicted octanol–water partition coefficient (Wildman–Crippen LogP) is 8.69. The lowest BCUT2D eigenvalue weighted by atomic mass is 9.87. The molecule has 180 valence electrons. The Morgan fingerprint density at radius 1 is 0.541 bits per heavy atom. The molecule has 0 unspecified atom stereocenters. The highest BCUT2D eigenvalue weighted by Gasteiger charge is 2.39. The van der Waals surface area contributed by atoms with Gasteiger partial charge in [0.1, 0.15) is 0 Å². The zero-order valence-corrected chi connectivity index (χ0v) is 21.4. The number of hydrogen-bond donors (Lipinski definition) is 0. The van der Waals surface area contributed by atoms with Crippen LogP contribution in [0.2, 0.25) is 0 Å². The van der Waals surface area contributed by atoms with Crippen molar-refractivity contribution in [2.45, 2.75) is 39.5 Å². The van der Waals surface area contributed by atoms with Crippen LogP contribution in [0.15, 0.2) is 78.9 Å². The molecule has 0 spiro atoms. The van der Waals surface area contributed by atoms with Gasteiger partial charge >= 0.3 is 0 Å². The molecule has 1 aliphatic heterocycles. The molecule has 1 heterocycles. The average molecular weight is 482 g/mol. The maximum absolute atomic E-state index is 14.2. The molecule has 7 rings (SSSR count). The van der Waals surface area contributed by atoms with Crippen LogP contribution in [0.5, 0.6) is 0 Å². The number of imide groups is 1. The average Bonchev–Trinajstić information content (AvgIpc) is 3.24. The Bertz CT molecular complexity index is 1780. The number of carbonyl (C=O) groups excluding carboxylic acids is 2. The van der Waals surface area contributed by atoms with Gasteiger partial charge in [-0.15, -0.1) is 0 Å². The number of anilines is 1. The fourth-order valence-electron chi connectivity index (χ4n) is 6.38. The second-order valence-corrected chi connectivity index (χ2v) is 10.8. The van der Waals surface area contributed by atoms with Gasteiger partial charge in [0.05, 0.1) is 5.69 Å². The van der Waals surface area contributed by atoms with Crippen molar-refractivity contribution in [3.8, 4) is 22.3 Å². The quantitative estimate of drug-likeness (QED) is 0.237. The van der Waals surface area contributed by atoms with E-state index >= 15 is 0 Å². The van der Waals surface area contributed by atoms with Crippen LogP contribution >= 0.6 is 0 Å². The van der Waals surface area contributed by atoms with Crippen molar-refractivity contribution in [3.05, 3.63) is 101 Å². The first-order chi connectivity index (χ1) is 17.9. The number of amides is 2. The summed E-state index contributed by atoms with van der Waals surface area (Å²) in [6, 6.07) is 26.8. The molecule has 2 amide bonds. The summed E-state index contributed by atoms with van der Waals surface area (Å²) in [6.07, 6.45) is 0. The molecule has 0 saturated carbocycles. The number of carbonyl (C=O) groups is 2. The van der Waals surface area contributed by atoms with Crippen LogP contribution in [-0.2, 0) is 0 Å². The number of para-hydroxylation sites is 1. The Balaban J connectivity index is 1.51. The van der Waals surface area contributed by atoms with Gasteiger partial charge in [-0.2, -0.15) is 0 Å². The maximum atomic E-state index is 14.2. The summed E-state index contributed by atoms with van der Waals surface area (Å²) < 4.78 is 0. The SMILES string of the molecule is CC(C)c1cccc(C(C)C)c1N1C(=O)c2ccc3c4c(ccc(c24)C1=O)-c1c-3ccc2ccccc12. The highest BCUT2D eigenvalue weighted by molar-refractivity contribution is 6.39. The monoisotopic (exact) mass is 481 g/mol. The molecule has 5 aromatic rings. The maximum Gasteiger partial charge on any atom is 0.266 e. The van der Waals surface area contributed by atoms with E-state index < -0.39 is 0 Å². The standard InChI is InChI=1S/C34H27NO2/c1-18(2)21-10-7-11-22(19(3)4)32(21)35-33(36)27-16-14-25-24-13-12-20-8-5-6-9-23(20)29(24)26-15-17-28(34(35)37)31(27)30(25)26/h5-19H,1-4H3. The van der Waals surface area contributed by atoms with Crippen LogP contribution < -0.4 is 4.90 Å². The third-order valence-electron chi connectivity index (χ3n) is 8.08. The van der Waals surface area contributed by atoms with E-state index in [-0.39, 0.29) is 23.7 Å². The number of benzene rings is 5. The summed E-state index contributed by atoms with van der Waals surface area (Å²) >= 11 is 0. The van der Waals surface area contributed by atoms with Gasteiger partial charge in [-0.1, -0.05) is 94.4 Å². The van der Waals surface area contributed by atoms with Crippen molar-refractivity contribution in [3.63, 3.8) is 0 Å². The van der Waals surface area contributed by atoms with E-state index in [1.807, 2.05) is 30.3 Å². The lowest BCUT2D eigenvalue weighted by Gasteiger charge is -2.32. The molecule has 1 aliphatic carbocycles. The lowest BCUT2D eigenvalue weighted by Crippen LogP contribution is -2.41. The molecule has 2 aliphatic rings. The summed E-state index contributed by atoms with van der Waals surface area (Å²) in [5.41, 5.74) is 8.52. The van der Waals surface area contributed by atoms with Gasteiger partial charge in [0, 0.05) is 16.5 Å². The van der Waals surface area contributed by atoms with Gasteiger partial charge in [-0.25, -0.2) is 4.90 Å². The third-order valence-corrected chi connectivity index (χ3v) is 8.08. The normalized spacial score (nSPS) is 13.9. The first kappa shape index (κ1) is 22.0. The molecular formula is C34H27NO2. The van der Waals surface area contributed by atoms with Crippen molar-refractivity contribution < 1.29 is 9.59 Å². The van der Waals surface area contributed by atoms with Crippen molar-refractivity contribution in [1.82, 2.24) is 0 Å². The fraction of sp³-hybridized carbons (Fsp3) is 0.176. The van der Waals surface area contributed by atoms with Crippen LogP contribution in [0.4, 0.5) is 5.69 Å². The summed E-state index contributed by atoms with van der Waals surface area (Å²) in [5.74, 6) is -0.135. The van der Waals surface area contributed by atoms with Crippen LogP contribution in [0, 0.1) is 0 Å². The molecule has 3 heteroatoms. The van der Waals surface area contributed by atoms with Crippen molar-refractivity contribution in [2.75, 3.05) is 4.90 Å². The van der Waals surface area contributed by atoms with E-state index in [0.717, 1.165) is 44.3 Å². The molecule has 37 heavy (non-hydrogen) atoms. The molecule has 3 nitrogen and oxygen atoms in total. The molecule has 0 aromatic heterocycles. The van der Waals surface area contributed by atoms with E-state index in [4.69, 9.17) is 0 Å². The Hall–Kier alpha value is -4.24. The van der Waals surface area contributed by atoms with Crippen LogP contribution in [0.3, 0.4) is 0 Å². The lowest BCUT2D eigenvalue weighted by molar-refractivity contribution is 0.0893. The first-order valence-electron chi connectivity index (χ1n) is 13.0. The second-order valence-electron chi connectivity index (χ2n) is 10.8. The Kier molecular flexibility index (Phi) is 4.54. The fourth-order valence-corrected chi connectivity index (χ4v) is 6.38. The first-order valence-corrected chi connectivity index (χ1v) is 13.0. The summed E-state index contributed by atoms with van der Waals surface area (Å²) in [5, 5.41) is 4.18. The number of rotatable bonds is 3. The molecule has 0 saturated heterocycles. The van der Waals surface area contributed by atoms with Crippen LogP contribution in [-0.4, -0.2) is 11.8 Å². The predicted molar refractivity (Wildman–Crippen MR) is 152 cm³/mol. The molecule has 5 aromatic carbocycles. The van der Waals surface area contributed by atoms with E-state index in [2.05, 4.69) is 76.2 Å². The van der Waals surface area contributed by atoms with E-state index in [1.165, 1.54) is 21.2 Å². The summed E-state index contributed by atoms with van der Waals surface area (Å²) in [6.45, 7) is 8.44. The summed E-state index contributed by atoms with van der Waals surface area (Å²) in [4.78, 5) is 29.8. The third kappa shape index (κ3) is 2.83. The number of fused-ring (bicyclic) bond motifs is 5. The highest BCUT2D eigenvalue weighted by atomic mass is 16.2. The number of nitrogens with zero attached hydrogens (tertiary/aromatic N) is 1. The van der Waals surface area contributed by atoms with Gasteiger partial charge in [0.25, 0.3) is 11.8 Å². The Morgan fingerprint density at radius 3 is 1.73 bits per heavy atom. The molecule has 0 bridgehead atoms. The van der Waals surface area contributed by atoms with Crippen molar-refractivity contribution >= 4 is 39.0 Å². The molecule has 0 fully saturated rings. The van der Waals surface area contributed by atoms with Crippen molar-refractivity contribution in [2.24, 2.45) is 0 Å². The smallest absolute Gasteiger partial charge is 0.266 e. The van der Waals surface area contributed by atoms with Crippen LogP contribution in [0.1, 0.15) is 71.4 Å². The van der Waals surface area contributed by atoms with Crippen LogP contribution in [0.25, 0.3) is 43.8 Å². The van der Waals surface area contributed by atoms with Crippen molar-refractivity contribution in [1.29, 1.82) is 0 Å².